The smallest absolute Gasteiger partial charge is 0.259 e. The summed E-state index contributed by atoms with van der Waals surface area (Å²) in [6.45, 7) is 0. The number of halogens is 1. The number of carbonyl (C=O) groups excluding carboxylic acids is 1. The summed E-state index contributed by atoms with van der Waals surface area (Å²) in [5.74, 6) is 0.809. The van der Waals surface area contributed by atoms with Crippen LogP contribution < -0.4 is 20.5 Å². The number of methoxy groups -OCH3 is 2. The summed E-state index contributed by atoms with van der Waals surface area (Å²) in [7, 11) is 3.07. The van der Waals surface area contributed by atoms with Gasteiger partial charge >= 0.3 is 0 Å². The Morgan fingerprint density at radius 2 is 1.85 bits per heavy atom. The lowest BCUT2D eigenvalue weighted by molar-refractivity contribution is 0.0928. The normalized spacial score (nSPS) is 20.9. The number of nitrogens with one attached hydrogen (secondary N) is 1. The maximum Gasteiger partial charge on any atom is 0.259 e. The molecule has 0 heterocycles. The zero-order valence-electron chi connectivity index (χ0n) is 11.7. The van der Waals surface area contributed by atoms with E-state index in [9.17, 15) is 4.79 Å². The van der Waals surface area contributed by atoms with Crippen LogP contribution >= 0.6 is 12.4 Å². The number of rotatable bonds is 4. The van der Waals surface area contributed by atoms with Crippen molar-refractivity contribution in [2.24, 2.45) is 5.73 Å². The molecule has 0 spiro atoms. The second-order valence-electron chi connectivity index (χ2n) is 4.71. The van der Waals surface area contributed by atoms with Gasteiger partial charge in [-0.3, -0.25) is 4.79 Å². The third kappa shape index (κ3) is 3.35. The van der Waals surface area contributed by atoms with Gasteiger partial charge in [-0.1, -0.05) is 6.07 Å². The molecule has 1 fully saturated rings. The van der Waals surface area contributed by atoms with Crippen molar-refractivity contribution in [3.63, 3.8) is 0 Å². The highest BCUT2D eigenvalue weighted by Crippen LogP contribution is 2.28. The van der Waals surface area contributed by atoms with E-state index < -0.39 is 0 Å². The van der Waals surface area contributed by atoms with E-state index in [2.05, 4.69) is 5.32 Å². The minimum Gasteiger partial charge on any atom is -0.496 e. The molecule has 1 aromatic carbocycles. The number of benzene rings is 1. The molecule has 0 bridgehead atoms. The summed E-state index contributed by atoms with van der Waals surface area (Å²) in [6, 6.07) is 5.33. The number of hydrogen-bond acceptors (Lipinski definition) is 4. The lowest BCUT2D eigenvalue weighted by atomic mass is 10.1. The van der Waals surface area contributed by atoms with E-state index in [0.717, 1.165) is 19.3 Å². The zero-order valence-corrected chi connectivity index (χ0v) is 12.5. The first-order valence-electron chi connectivity index (χ1n) is 6.44. The Labute approximate surface area is 125 Å². The van der Waals surface area contributed by atoms with Crippen molar-refractivity contribution in [2.45, 2.75) is 31.3 Å². The Bertz CT molecular complexity index is 445. The van der Waals surface area contributed by atoms with Crippen LogP contribution in [0.2, 0.25) is 0 Å². The van der Waals surface area contributed by atoms with Gasteiger partial charge in [0.15, 0.2) is 0 Å². The number of ether oxygens (including phenoxy) is 2. The lowest BCUT2D eigenvalue weighted by Crippen LogP contribution is -2.44. The third-order valence-corrected chi connectivity index (χ3v) is 3.54. The standard InChI is InChI=1S/C14H20N2O3.ClH/c1-18-11-7-4-8-12(19-2)13(11)14(17)16-10-6-3-5-9(10)15;/h4,7-10H,3,5-6,15H2,1-2H3,(H,16,17);1H/t9-,10-;/m1./s1. The first kappa shape index (κ1) is 16.6. The van der Waals surface area contributed by atoms with Crippen LogP contribution in [0.5, 0.6) is 11.5 Å². The van der Waals surface area contributed by atoms with Crippen LogP contribution in [-0.2, 0) is 0 Å². The highest BCUT2D eigenvalue weighted by Gasteiger charge is 2.27. The van der Waals surface area contributed by atoms with E-state index in [1.54, 1.807) is 18.2 Å². The van der Waals surface area contributed by atoms with Crippen molar-refractivity contribution >= 4 is 18.3 Å². The minimum atomic E-state index is -0.198. The van der Waals surface area contributed by atoms with Crippen LogP contribution in [0.4, 0.5) is 0 Å². The highest BCUT2D eigenvalue weighted by molar-refractivity contribution is 6.00. The Kier molecular flexibility index (Phi) is 6.10. The van der Waals surface area contributed by atoms with Crippen molar-refractivity contribution in [1.29, 1.82) is 0 Å². The van der Waals surface area contributed by atoms with Crippen molar-refractivity contribution in [2.75, 3.05) is 14.2 Å². The average molecular weight is 301 g/mol. The quantitative estimate of drug-likeness (QED) is 0.888. The van der Waals surface area contributed by atoms with Gasteiger partial charge in [-0.15, -0.1) is 12.4 Å². The van der Waals surface area contributed by atoms with Crippen LogP contribution in [0.1, 0.15) is 29.6 Å². The highest BCUT2D eigenvalue weighted by atomic mass is 35.5. The largest absolute Gasteiger partial charge is 0.496 e. The summed E-state index contributed by atoms with van der Waals surface area (Å²) in [6.07, 6.45) is 2.92. The Balaban J connectivity index is 0.00000200. The molecule has 6 heteroatoms. The van der Waals surface area contributed by atoms with Gasteiger partial charge in [0.05, 0.1) is 14.2 Å². The average Bonchev–Trinajstić information content (AvgIpc) is 2.83. The molecule has 20 heavy (non-hydrogen) atoms. The molecule has 0 aliphatic heterocycles. The Morgan fingerprint density at radius 3 is 2.30 bits per heavy atom. The van der Waals surface area contributed by atoms with Crippen molar-refractivity contribution in [3.8, 4) is 11.5 Å². The summed E-state index contributed by atoms with van der Waals surface area (Å²) in [5, 5.41) is 2.97. The van der Waals surface area contributed by atoms with Gasteiger partial charge in [-0.2, -0.15) is 0 Å². The van der Waals surface area contributed by atoms with Gasteiger partial charge in [0, 0.05) is 12.1 Å². The molecule has 1 aliphatic carbocycles. The van der Waals surface area contributed by atoms with Crippen molar-refractivity contribution in [1.82, 2.24) is 5.32 Å². The van der Waals surface area contributed by atoms with Gasteiger partial charge in [-0.05, 0) is 31.4 Å². The first-order chi connectivity index (χ1) is 9.17. The number of hydrogen-bond donors (Lipinski definition) is 2. The van der Waals surface area contributed by atoms with Gasteiger partial charge in [-0.25, -0.2) is 0 Å². The molecule has 1 saturated carbocycles. The van der Waals surface area contributed by atoms with E-state index in [-0.39, 0.29) is 30.4 Å². The van der Waals surface area contributed by atoms with Gasteiger partial charge < -0.3 is 20.5 Å². The molecule has 2 rings (SSSR count). The molecule has 3 N–H and O–H groups in total. The molecular weight excluding hydrogens is 280 g/mol. The molecule has 0 unspecified atom stereocenters. The first-order valence-corrected chi connectivity index (χ1v) is 6.44. The third-order valence-electron chi connectivity index (χ3n) is 3.54. The zero-order chi connectivity index (χ0) is 13.8. The molecule has 2 atom stereocenters. The van der Waals surface area contributed by atoms with Gasteiger partial charge in [0.1, 0.15) is 17.1 Å². The maximum absolute atomic E-state index is 12.4. The fraction of sp³-hybridized carbons (Fsp3) is 0.500. The Hall–Kier alpha value is -1.46. The summed E-state index contributed by atoms with van der Waals surface area (Å²) in [4.78, 5) is 12.4. The fourth-order valence-corrected chi connectivity index (χ4v) is 2.48. The monoisotopic (exact) mass is 300 g/mol. The predicted octanol–water partition coefficient (Wildman–Crippen LogP) is 1.74. The molecule has 1 aliphatic rings. The minimum absolute atomic E-state index is 0. The van der Waals surface area contributed by atoms with E-state index in [1.807, 2.05) is 0 Å². The summed E-state index contributed by atoms with van der Waals surface area (Å²) in [5.41, 5.74) is 6.39. The summed E-state index contributed by atoms with van der Waals surface area (Å²) < 4.78 is 10.5. The molecule has 112 valence electrons. The van der Waals surface area contributed by atoms with Crippen LogP contribution in [-0.4, -0.2) is 32.2 Å². The second kappa shape index (κ2) is 7.36. The van der Waals surface area contributed by atoms with Crippen molar-refractivity contribution < 1.29 is 14.3 Å². The molecule has 5 nitrogen and oxygen atoms in total. The van der Waals surface area contributed by atoms with E-state index in [1.165, 1.54) is 14.2 Å². The molecule has 0 saturated heterocycles. The van der Waals surface area contributed by atoms with Crippen LogP contribution in [0.25, 0.3) is 0 Å². The molecule has 1 amide bonds. The molecule has 1 aromatic rings. The molecular formula is C14H21ClN2O3. The van der Waals surface area contributed by atoms with E-state index >= 15 is 0 Å². The fourth-order valence-electron chi connectivity index (χ4n) is 2.48. The predicted molar refractivity (Wildman–Crippen MR) is 79.9 cm³/mol. The maximum atomic E-state index is 12.4. The Morgan fingerprint density at radius 1 is 1.25 bits per heavy atom. The van der Waals surface area contributed by atoms with Gasteiger partial charge in [0.25, 0.3) is 5.91 Å². The van der Waals surface area contributed by atoms with Crippen LogP contribution in [0.15, 0.2) is 18.2 Å². The van der Waals surface area contributed by atoms with Gasteiger partial charge in [0.2, 0.25) is 0 Å². The second-order valence-corrected chi connectivity index (χ2v) is 4.71. The SMILES string of the molecule is COc1cccc(OC)c1C(=O)N[C@@H]1CCC[C@H]1N.Cl. The number of nitrogens with two attached hydrogens (primary N) is 1. The molecule has 0 radical (unpaired) electrons. The van der Waals surface area contributed by atoms with E-state index in [4.69, 9.17) is 15.2 Å². The molecule has 0 aromatic heterocycles. The topological polar surface area (TPSA) is 73.6 Å². The van der Waals surface area contributed by atoms with Crippen LogP contribution in [0.3, 0.4) is 0 Å². The summed E-state index contributed by atoms with van der Waals surface area (Å²) >= 11 is 0. The number of carbonyl (C=O) groups is 1. The van der Waals surface area contributed by atoms with E-state index in [0.29, 0.717) is 17.1 Å². The van der Waals surface area contributed by atoms with Crippen LogP contribution in [0, 0.1) is 0 Å². The van der Waals surface area contributed by atoms with Crippen molar-refractivity contribution in [3.05, 3.63) is 23.8 Å². The lowest BCUT2D eigenvalue weighted by Gasteiger charge is -2.19. The number of amides is 1.